The number of likely N-dealkylation sites (N-methyl/N-ethyl adjacent to an activating group) is 1. The summed E-state index contributed by atoms with van der Waals surface area (Å²) in [5.41, 5.74) is 7.35. The Bertz CT molecular complexity index is 1260. The second-order valence-corrected chi connectivity index (χ2v) is 10.6. The highest BCUT2D eigenvalue weighted by molar-refractivity contribution is 5.94. The minimum Gasteiger partial charge on any atom is -0.491 e. The van der Waals surface area contributed by atoms with E-state index in [1.165, 1.54) is 11.3 Å². The monoisotopic (exact) mass is 503 g/mol. The van der Waals surface area contributed by atoms with E-state index in [0.717, 1.165) is 41.2 Å². The molecule has 3 aromatic rings. The molecule has 7 heteroatoms. The molecule has 1 aliphatic rings. The molecule has 1 atom stereocenters. The van der Waals surface area contributed by atoms with Crippen LogP contribution in [0.3, 0.4) is 0 Å². The van der Waals surface area contributed by atoms with Crippen LogP contribution in [0.15, 0.2) is 48.7 Å². The fraction of sp³-hybridized carbons (Fsp3) is 0.433. The third-order valence-corrected chi connectivity index (χ3v) is 7.15. The number of benzene rings is 2. The topological polar surface area (TPSA) is 61.8 Å². The lowest BCUT2D eigenvalue weighted by Crippen LogP contribution is -2.57. The largest absolute Gasteiger partial charge is 0.491 e. The van der Waals surface area contributed by atoms with E-state index in [2.05, 4.69) is 84.8 Å². The van der Waals surface area contributed by atoms with Crippen LogP contribution in [-0.4, -0.2) is 61.8 Å². The third-order valence-electron chi connectivity index (χ3n) is 7.15. The molecule has 0 saturated carbocycles. The first-order chi connectivity index (χ1) is 17.5. The van der Waals surface area contributed by atoms with E-state index in [0.29, 0.717) is 11.7 Å². The summed E-state index contributed by atoms with van der Waals surface area (Å²) >= 11 is 0. The van der Waals surface area contributed by atoms with Crippen LogP contribution in [0.5, 0.6) is 5.75 Å². The SMILES string of the molecule is CNC(=O)c1cc(-c2cc(OC(C)C)cc(C(C)Nc3cc(N4CC(N(C)C)C4)ccc3C)c2)cn1C. The van der Waals surface area contributed by atoms with E-state index in [1.807, 2.05) is 37.7 Å². The van der Waals surface area contributed by atoms with Crippen LogP contribution in [0.1, 0.15) is 48.4 Å². The maximum absolute atomic E-state index is 12.3. The van der Waals surface area contributed by atoms with Gasteiger partial charge in [0.25, 0.3) is 5.91 Å². The number of amides is 1. The Balaban J connectivity index is 1.61. The van der Waals surface area contributed by atoms with Gasteiger partial charge in [-0.25, -0.2) is 0 Å². The lowest BCUT2D eigenvalue weighted by atomic mass is 10.00. The molecule has 2 N–H and O–H groups in total. The molecule has 2 aromatic carbocycles. The Morgan fingerprint density at radius 2 is 1.78 bits per heavy atom. The van der Waals surface area contributed by atoms with Crippen molar-refractivity contribution in [3.8, 4) is 16.9 Å². The first kappa shape index (κ1) is 26.6. The Kier molecular flexibility index (Phi) is 7.83. The van der Waals surface area contributed by atoms with Gasteiger partial charge >= 0.3 is 0 Å². The third kappa shape index (κ3) is 5.93. The van der Waals surface area contributed by atoms with E-state index < -0.39 is 0 Å². The van der Waals surface area contributed by atoms with Gasteiger partial charge in [-0.1, -0.05) is 6.07 Å². The molecule has 0 bridgehead atoms. The summed E-state index contributed by atoms with van der Waals surface area (Å²) in [6, 6.07) is 15.6. The minimum atomic E-state index is -0.104. The molecule has 1 aromatic heterocycles. The highest BCUT2D eigenvalue weighted by Gasteiger charge is 2.28. The molecule has 0 radical (unpaired) electrons. The van der Waals surface area contributed by atoms with Gasteiger partial charge in [-0.15, -0.1) is 0 Å². The smallest absolute Gasteiger partial charge is 0.267 e. The van der Waals surface area contributed by atoms with Crippen molar-refractivity contribution in [2.24, 2.45) is 7.05 Å². The van der Waals surface area contributed by atoms with E-state index >= 15 is 0 Å². The Labute approximate surface area is 221 Å². The van der Waals surface area contributed by atoms with Crippen LogP contribution in [0.25, 0.3) is 11.1 Å². The van der Waals surface area contributed by atoms with Gasteiger partial charge in [0.15, 0.2) is 0 Å². The quantitative estimate of drug-likeness (QED) is 0.427. The number of rotatable bonds is 9. The van der Waals surface area contributed by atoms with E-state index in [1.54, 1.807) is 7.05 Å². The molecular formula is C30H41N5O2. The van der Waals surface area contributed by atoms with Gasteiger partial charge in [0.2, 0.25) is 0 Å². The van der Waals surface area contributed by atoms with Crippen LogP contribution in [0.4, 0.5) is 11.4 Å². The second kappa shape index (κ2) is 10.9. The zero-order valence-electron chi connectivity index (χ0n) is 23.4. The number of hydrogen-bond donors (Lipinski definition) is 2. The Morgan fingerprint density at radius 1 is 1.05 bits per heavy atom. The first-order valence-corrected chi connectivity index (χ1v) is 13.0. The number of nitrogens with one attached hydrogen (secondary N) is 2. The van der Waals surface area contributed by atoms with Crippen LogP contribution in [0.2, 0.25) is 0 Å². The van der Waals surface area contributed by atoms with Crippen molar-refractivity contribution in [1.29, 1.82) is 0 Å². The summed E-state index contributed by atoms with van der Waals surface area (Å²) in [5, 5.41) is 6.46. The van der Waals surface area contributed by atoms with Crippen LogP contribution in [0, 0.1) is 6.92 Å². The van der Waals surface area contributed by atoms with Crippen molar-refractivity contribution < 1.29 is 9.53 Å². The molecular weight excluding hydrogens is 462 g/mol. The summed E-state index contributed by atoms with van der Waals surface area (Å²) in [5.74, 6) is 0.718. The molecule has 1 amide bonds. The zero-order valence-corrected chi connectivity index (χ0v) is 23.4. The maximum Gasteiger partial charge on any atom is 0.267 e. The fourth-order valence-electron chi connectivity index (χ4n) is 4.73. The molecule has 2 heterocycles. The molecule has 1 aliphatic heterocycles. The predicted octanol–water partition coefficient (Wildman–Crippen LogP) is 5.07. The second-order valence-electron chi connectivity index (χ2n) is 10.6. The van der Waals surface area contributed by atoms with Crippen LogP contribution >= 0.6 is 0 Å². The number of aryl methyl sites for hydroxylation is 2. The summed E-state index contributed by atoms with van der Waals surface area (Å²) in [7, 11) is 7.83. The number of carbonyl (C=O) groups excluding carboxylic acids is 1. The number of ether oxygens (including phenoxy) is 1. The van der Waals surface area contributed by atoms with Crippen LogP contribution in [-0.2, 0) is 7.05 Å². The standard InChI is InChI=1S/C30H41N5O2/c1-19(2)37-27-12-22(11-23(13-27)24-14-29(30(36)31-5)34(8)16-24)21(4)32-28-15-25(10-9-20(28)3)35-17-26(18-35)33(6)7/h9-16,19,21,26,32H,17-18H2,1-8H3,(H,31,36). The molecule has 1 fully saturated rings. The highest BCUT2D eigenvalue weighted by Crippen LogP contribution is 2.34. The lowest BCUT2D eigenvalue weighted by Gasteiger charge is -2.44. The van der Waals surface area contributed by atoms with Gasteiger partial charge in [0.1, 0.15) is 11.4 Å². The van der Waals surface area contributed by atoms with Crippen molar-refractivity contribution in [2.75, 3.05) is 44.4 Å². The average Bonchev–Trinajstić information content (AvgIpc) is 3.20. The van der Waals surface area contributed by atoms with E-state index in [9.17, 15) is 4.79 Å². The van der Waals surface area contributed by atoms with Gasteiger partial charge in [-0.05, 0) is 94.9 Å². The molecule has 37 heavy (non-hydrogen) atoms. The van der Waals surface area contributed by atoms with E-state index in [-0.39, 0.29) is 18.1 Å². The van der Waals surface area contributed by atoms with Gasteiger partial charge in [0.05, 0.1) is 6.10 Å². The van der Waals surface area contributed by atoms with Crippen molar-refractivity contribution in [3.63, 3.8) is 0 Å². The van der Waals surface area contributed by atoms with Crippen molar-refractivity contribution in [2.45, 2.75) is 45.9 Å². The number of nitrogens with zero attached hydrogens (tertiary/aromatic N) is 3. The first-order valence-electron chi connectivity index (χ1n) is 13.0. The van der Waals surface area contributed by atoms with Gasteiger partial charge in [0, 0.05) is 62.4 Å². The molecule has 4 rings (SSSR count). The lowest BCUT2D eigenvalue weighted by molar-refractivity contribution is 0.0955. The van der Waals surface area contributed by atoms with Gasteiger partial charge in [-0.3, -0.25) is 4.79 Å². The van der Waals surface area contributed by atoms with Crippen LogP contribution < -0.4 is 20.3 Å². The maximum atomic E-state index is 12.3. The molecule has 1 saturated heterocycles. The number of hydrogen-bond acceptors (Lipinski definition) is 5. The highest BCUT2D eigenvalue weighted by atomic mass is 16.5. The molecule has 0 aliphatic carbocycles. The Morgan fingerprint density at radius 3 is 2.43 bits per heavy atom. The summed E-state index contributed by atoms with van der Waals surface area (Å²) in [6.07, 6.45) is 2.05. The average molecular weight is 504 g/mol. The normalized spacial score (nSPS) is 14.6. The Hall–Kier alpha value is -3.45. The van der Waals surface area contributed by atoms with Crippen molar-refractivity contribution in [1.82, 2.24) is 14.8 Å². The number of anilines is 2. The van der Waals surface area contributed by atoms with Gasteiger partial charge in [-0.2, -0.15) is 0 Å². The fourth-order valence-corrected chi connectivity index (χ4v) is 4.73. The van der Waals surface area contributed by atoms with Gasteiger partial charge < -0.3 is 29.7 Å². The number of aromatic nitrogens is 1. The summed E-state index contributed by atoms with van der Waals surface area (Å²) < 4.78 is 7.98. The summed E-state index contributed by atoms with van der Waals surface area (Å²) in [6.45, 7) is 10.5. The van der Waals surface area contributed by atoms with E-state index in [4.69, 9.17) is 4.74 Å². The van der Waals surface area contributed by atoms with Crippen molar-refractivity contribution >= 4 is 17.3 Å². The van der Waals surface area contributed by atoms with Crippen molar-refractivity contribution in [3.05, 3.63) is 65.5 Å². The molecule has 1 unspecified atom stereocenters. The summed E-state index contributed by atoms with van der Waals surface area (Å²) in [4.78, 5) is 17.0. The minimum absolute atomic E-state index is 0.0523. The number of carbonyl (C=O) groups is 1. The predicted molar refractivity (Wildman–Crippen MR) is 153 cm³/mol. The molecule has 0 spiro atoms. The molecule has 198 valence electrons. The zero-order chi connectivity index (χ0) is 26.9. The molecule has 7 nitrogen and oxygen atoms in total.